The van der Waals surface area contributed by atoms with Crippen LogP contribution in [0.25, 0.3) is 0 Å². The van der Waals surface area contributed by atoms with Crippen molar-refractivity contribution in [3.63, 3.8) is 0 Å². The van der Waals surface area contributed by atoms with E-state index in [1.54, 1.807) is 0 Å². The molecule has 0 N–H and O–H groups in total. The lowest BCUT2D eigenvalue weighted by atomic mass is 10.2. The van der Waals surface area contributed by atoms with Crippen LogP contribution in [-0.2, 0) is 4.74 Å². The standard InChI is InChI=1S/C12H12ClNO4/c13-10-2-1-3-11(10)18-12(15)8-4-6-9(7-5-8)14(16)17/h4-7,10-11H,1-3H2/t10-,11-/m0/s1. The SMILES string of the molecule is O=C(O[C@H]1CCC[C@@H]1Cl)c1ccc([N+](=O)[O-])cc1. The summed E-state index contributed by atoms with van der Waals surface area (Å²) in [7, 11) is 0. The molecule has 0 aromatic heterocycles. The number of non-ortho nitro benzene ring substituents is 1. The van der Waals surface area contributed by atoms with E-state index >= 15 is 0 Å². The van der Waals surface area contributed by atoms with E-state index in [9.17, 15) is 14.9 Å². The van der Waals surface area contributed by atoms with Crippen molar-refractivity contribution in [3.05, 3.63) is 39.9 Å². The van der Waals surface area contributed by atoms with Gasteiger partial charge in [0.2, 0.25) is 0 Å². The number of nitro groups is 1. The van der Waals surface area contributed by atoms with Gasteiger partial charge in [-0.3, -0.25) is 10.1 Å². The molecule has 96 valence electrons. The van der Waals surface area contributed by atoms with Crippen LogP contribution in [0.5, 0.6) is 0 Å². The van der Waals surface area contributed by atoms with Crippen LogP contribution in [0.15, 0.2) is 24.3 Å². The Labute approximate surface area is 109 Å². The maximum atomic E-state index is 11.8. The van der Waals surface area contributed by atoms with Crippen LogP contribution in [0.4, 0.5) is 5.69 Å². The maximum Gasteiger partial charge on any atom is 0.338 e. The second-order valence-electron chi connectivity index (χ2n) is 4.19. The van der Waals surface area contributed by atoms with Crippen molar-refractivity contribution in [1.29, 1.82) is 0 Å². The van der Waals surface area contributed by atoms with Crippen LogP contribution >= 0.6 is 11.6 Å². The van der Waals surface area contributed by atoms with Crippen LogP contribution in [0.1, 0.15) is 29.6 Å². The van der Waals surface area contributed by atoms with Gasteiger partial charge < -0.3 is 4.74 Å². The number of hydrogen-bond donors (Lipinski definition) is 0. The van der Waals surface area contributed by atoms with Crippen LogP contribution < -0.4 is 0 Å². The van der Waals surface area contributed by atoms with Gasteiger partial charge in [-0.1, -0.05) is 0 Å². The molecule has 0 saturated heterocycles. The Morgan fingerprint density at radius 2 is 2.00 bits per heavy atom. The molecule has 0 aliphatic heterocycles. The summed E-state index contributed by atoms with van der Waals surface area (Å²) in [6.07, 6.45) is 2.31. The first-order valence-electron chi connectivity index (χ1n) is 5.67. The highest BCUT2D eigenvalue weighted by Crippen LogP contribution is 2.27. The van der Waals surface area contributed by atoms with Gasteiger partial charge in [-0.05, 0) is 31.4 Å². The Bertz CT molecular complexity index is 460. The predicted molar refractivity (Wildman–Crippen MR) is 65.8 cm³/mol. The highest BCUT2D eigenvalue weighted by Gasteiger charge is 2.29. The second-order valence-corrected chi connectivity index (χ2v) is 4.76. The van der Waals surface area contributed by atoms with Crippen LogP contribution in [0.3, 0.4) is 0 Å². The summed E-state index contributed by atoms with van der Waals surface area (Å²) in [5.41, 5.74) is 0.249. The van der Waals surface area contributed by atoms with Crippen molar-refractivity contribution < 1.29 is 14.5 Å². The Morgan fingerprint density at radius 3 is 2.50 bits per heavy atom. The number of carbonyl (C=O) groups excluding carboxylic acids is 1. The molecule has 1 aromatic carbocycles. The topological polar surface area (TPSA) is 69.4 Å². The Kier molecular flexibility index (Phi) is 3.81. The zero-order valence-corrected chi connectivity index (χ0v) is 10.3. The van der Waals surface area contributed by atoms with Gasteiger partial charge in [0.1, 0.15) is 6.10 Å². The average Bonchev–Trinajstić information content (AvgIpc) is 2.75. The highest BCUT2D eigenvalue weighted by atomic mass is 35.5. The van der Waals surface area contributed by atoms with E-state index in [0.717, 1.165) is 19.3 Å². The zero-order valence-electron chi connectivity index (χ0n) is 9.54. The molecular weight excluding hydrogens is 258 g/mol. The quantitative estimate of drug-likeness (QED) is 0.366. The summed E-state index contributed by atoms with van der Waals surface area (Å²) in [6.45, 7) is 0. The Morgan fingerprint density at radius 1 is 1.33 bits per heavy atom. The summed E-state index contributed by atoms with van der Waals surface area (Å²) < 4.78 is 5.27. The number of halogens is 1. The van der Waals surface area contributed by atoms with Gasteiger partial charge in [-0.2, -0.15) is 0 Å². The summed E-state index contributed by atoms with van der Waals surface area (Å²) in [6, 6.07) is 5.34. The number of ether oxygens (including phenoxy) is 1. The monoisotopic (exact) mass is 269 g/mol. The summed E-state index contributed by atoms with van der Waals surface area (Å²) in [5.74, 6) is -0.484. The lowest BCUT2D eigenvalue weighted by Crippen LogP contribution is -2.22. The van der Waals surface area contributed by atoms with Gasteiger partial charge in [0.05, 0.1) is 15.9 Å². The van der Waals surface area contributed by atoms with Gasteiger partial charge in [0.15, 0.2) is 0 Å². The minimum absolute atomic E-state index is 0.0531. The molecule has 2 rings (SSSR count). The zero-order chi connectivity index (χ0) is 13.1. The molecule has 0 bridgehead atoms. The molecule has 18 heavy (non-hydrogen) atoms. The van der Waals surface area contributed by atoms with Crippen molar-refractivity contribution in [2.75, 3.05) is 0 Å². The van der Waals surface area contributed by atoms with Gasteiger partial charge >= 0.3 is 5.97 Å². The van der Waals surface area contributed by atoms with E-state index in [1.807, 2.05) is 0 Å². The number of carbonyl (C=O) groups is 1. The largest absolute Gasteiger partial charge is 0.457 e. The smallest absolute Gasteiger partial charge is 0.338 e. The molecule has 1 aliphatic rings. The third kappa shape index (κ3) is 2.79. The summed E-state index contributed by atoms with van der Waals surface area (Å²) in [4.78, 5) is 21.7. The first-order chi connectivity index (χ1) is 8.58. The van der Waals surface area contributed by atoms with Crippen LogP contribution in [0, 0.1) is 10.1 Å². The van der Waals surface area contributed by atoms with Crippen molar-refractivity contribution in [3.8, 4) is 0 Å². The van der Waals surface area contributed by atoms with Crippen molar-refractivity contribution in [1.82, 2.24) is 0 Å². The molecule has 1 fully saturated rings. The molecule has 2 atom stereocenters. The minimum atomic E-state index is -0.513. The molecule has 0 radical (unpaired) electrons. The number of benzene rings is 1. The Balaban J connectivity index is 2.02. The van der Waals surface area contributed by atoms with Crippen LogP contribution in [0.2, 0.25) is 0 Å². The lowest BCUT2D eigenvalue weighted by molar-refractivity contribution is -0.384. The number of esters is 1. The van der Waals surface area contributed by atoms with E-state index in [0.29, 0.717) is 5.56 Å². The first-order valence-corrected chi connectivity index (χ1v) is 6.11. The van der Waals surface area contributed by atoms with E-state index in [2.05, 4.69) is 0 Å². The molecule has 1 aliphatic carbocycles. The van der Waals surface area contributed by atoms with Crippen LogP contribution in [-0.4, -0.2) is 22.4 Å². The van der Waals surface area contributed by atoms with Gasteiger partial charge in [0, 0.05) is 12.1 Å². The number of hydrogen-bond acceptors (Lipinski definition) is 4. The Hall–Kier alpha value is -1.62. The molecule has 0 heterocycles. The van der Waals surface area contributed by atoms with E-state index in [1.165, 1.54) is 24.3 Å². The van der Waals surface area contributed by atoms with Crippen molar-refractivity contribution >= 4 is 23.3 Å². The summed E-state index contributed by atoms with van der Waals surface area (Å²) in [5, 5.41) is 10.3. The van der Waals surface area contributed by atoms with Gasteiger partial charge in [0.25, 0.3) is 5.69 Å². The number of alkyl halides is 1. The molecule has 0 spiro atoms. The normalized spacial score (nSPS) is 22.7. The third-order valence-corrected chi connectivity index (χ3v) is 3.44. The summed E-state index contributed by atoms with van der Waals surface area (Å²) >= 11 is 6.01. The molecule has 0 unspecified atom stereocenters. The molecule has 0 amide bonds. The van der Waals surface area contributed by atoms with E-state index in [4.69, 9.17) is 16.3 Å². The van der Waals surface area contributed by atoms with E-state index < -0.39 is 10.9 Å². The maximum absolute atomic E-state index is 11.8. The van der Waals surface area contributed by atoms with Crippen molar-refractivity contribution in [2.24, 2.45) is 0 Å². The molecule has 1 aromatic rings. The van der Waals surface area contributed by atoms with Gasteiger partial charge in [-0.15, -0.1) is 11.6 Å². The minimum Gasteiger partial charge on any atom is -0.457 e. The predicted octanol–water partition coefficient (Wildman–Crippen LogP) is 2.91. The van der Waals surface area contributed by atoms with E-state index in [-0.39, 0.29) is 17.2 Å². The van der Waals surface area contributed by atoms with Gasteiger partial charge in [-0.25, -0.2) is 4.79 Å². The molecular formula is C12H12ClNO4. The number of nitrogens with zero attached hydrogens (tertiary/aromatic N) is 1. The fourth-order valence-electron chi connectivity index (χ4n) is 1.94. The fourth-order valence-corrected chi connectivity index (χ4v) is 2.27. The third-order valence-electron chi connectivity index (χ3n) is 2.94. The average molecular weight is 270 g/mol. The second kappa shape index (κ2) is 5.35. The fraction of sp³-hybridized carbons (Fsp3) is 0.417. The lowest BCUT2D eigenvalue weighted by Gasteiger charge is -2.14. The molecule has 6 heteroatoms. The number of nitro benzene ring substituents is 1. The molecule has 5 nitrogen and oxygen atoms in total. The van der Waals surface area contributed by atoms with Crippen molar-refractivity contribution in [2.45, 2.75) is 30.7 Å². The highest BCUT2D eigenvalue weighted by molar-refractivity contribution is 6.21. The first kappa shape index (κ1) is 12.8. The number of rotatable bonds is 3. The molecule has 1 saturated carbocycles.